The van der Waals surface area contributed by atoms with Gasteiger partial charge in [0.2, 0.25) is 5.91 Å². The van der Waals surface area contributed by atoms with Gasteiger partial charge in [-0.15, -0.1) is 6.58 Å². The van der Waals surface area contributed by atoms with E-state index in [4.69, 9.17) is 0 Å². The molecule has 1 saturated heterocycles. The van der Waals surface area contributed by atoms with E-state index in [-0.39, 0.29) is 18.0 Å². The average molecular weight is 611 g/mol. The minimum absolute atomic E-state index is 0.0781. The number of pyridine rings is 1. The number of aryl methyl sites for hydroxylation is 2. The fourth-order valence-corrected chi connectivity index (χ4v) is 5.40. The third kappa shape index (κ3) is 14.0. The smallest absolute Gasteiger partial charge is 0.240 e. The SMILES string of the molecule is C=CCN1C(=O)C(NCCCc2ccccc2)CCC1c1ccccc1.CCCC.CCCc1ccncc1/C=C(\C)CNC. The number of carbonyl (C=O) groups excluding carboxylic acids is 1. The van der Waals surface area contributed by atoms with E-state index in [0.29, 0.717) is 6.54 Å². The van der Waals surface area contributed by atoms with Crippen LogP contribution in [0.25, 0.3) is 6.08 Å². The summed E-state index contributed by atoms with van der Waals surface area (Å²) < 4.78 is 0. The summed E-state index contributed by atoms with van der Waals surface area (Å²) >= 11 is 0. The molecule has 3 aromatic rings. The van der Waals surface area contributed by atoms with Gasteiger partial charge in [-0.2, -0.15) is 0 Å². The molecule has 0 bridgehead atoms. The van der Waals surface area contributed by atoms with Crippen LogP contribution in [0.15, 0.2) is 97.4 Å². The van der Waals surface area contributed by atoms with Crippen LogP contribution in [0, 0.1) is 0 Å². The Bertz CT molecular complexity index is 1240. The van der Waals surface area contributed by atoms with Crippen LogP contribution in [0.3, 0.4) is 0 Å². The van der Waals surface area contributed by atoms with E-state index < -0.39 is 0 Å². The topological polar surface area (TPSA) is 57.3 Å². The maximum absolute atomic E-state index is 13.0. The Labute approximate surface area is 274 Å². The van der Waals surface area contributed by atoms with Crippen molar-refractivity contribution in [3.05, 3.63) is 120 Å². The van der Waals surface area contributed by atoms with Gasteiger partial charge in [0.1, 0.15) is 0 Å². The number of benzene rings is 2. The van der Waals surface area contributed by atoms with Gasteiger partial charge < -0.3 is 15.5 Å². The summed E-state index contributed by atoms with van der Waals surface area (Å²) in [4.78, 5) is 19.1. The summed E-state index contributed by atoms with van der Waals surface area (Å²) in [6, 6.07) is 23.0. The predicted molar refractivity (Wildman–Crippen MR) is 193 cm³/mol. The average Bonchev–Trinajstić information content (AvgIpc) is 3.07. The number of amides is 1. The van der Waals surface area contributed by atoms with Gasteiger partial charge in [0.15, 0.2) is 0 Å². The van der Waals surface area contributed by atoms with Crippen molar-refractivity contribution in [2.45, 2.75) is 91.1 Å². The molecule has 244 valence electrons. The lowest BCUT2D eigenvalue weighted by Crippen LogP contribution is -2.52. The van der Waals surface area contributed by atoms with Crippen LogP contribution in [-0.4, -0.2) is 48.5 Å². The molecule has 1 aliphatic heterocycles. The summed E-state index contributed by atoms with van der Waals surface area (Å²) in [5.74, 6) is 0.199. The molecule has 4 rings (SSSR count). The van der Waals surface area contributed by atoms with Crippen molar-refractivity contribution < 1.29 is 4.79 Å². The second-order valence-corrected chi connectivity index (χ2v) is 11.7. The Balaban J connectivity index is 0.000000314. The minimum Gasteiger partial charge on any atom is -0.331 e. The molecule has 1 aliphatic rings. The van der Waals surface area contributed by atoms with Crippen molar-refractivity contribution in [2.75, 3.05) is 26.7 Å². The Morgan fingerprint density at radius 1 is 0.956 bits per heavy atom. The van der Waals surface area contributed by atoms with E-state index in [0.717, 1.165) is 45.2 Å². The molecule has 2 unspecified atom stereocenters. The van der Waals surface area contributed by atoms with Crippen LogP contribution < -0.4 is 10.6 Å². The van der Waals surface area contributed by atoms with E-state index in [1.54, 1.807) is 0 Å². The fourth-order valence-electron chi connectivity index (χ4n) is 5.40. The van der Waals surface area contributed by atoms with Gasteiger partial charge in [0.25, 0.3) is 0 Å². The zero-order chi connectivity index (χ0) is 32.7. The first-order valence-corrected chi connectivity index (χ1v) is 17.0. The van der Waals surface area contributed by atoms with E-state index >= 15 is 0 Å². The highest BCUT2D eigenvalue weighted by molar-refractivity contribution is 5.83. The highest BCUT2D eigenvalue weighted by atomic mass is 16.2. The van der Waals surface area contributed by atoms with E-state index in [2.05, 4.69) is 98.4 Å². The molecule has 5 heteroatoms. The van der Waals surface area contributed by atoms with Crippen LogP contribution in [-0.2, 0) is 17.6 Å². The van der Waals surface area contributed by atoms with Crippen molar-refractivity contribution in [3.63, 3.8) is 0 Å². The maximum Gasteiger partial charge on any atom is 0.240 e. The summed E-state index contributed by atoms with van der Waals surface area (Å²) in [5, 5.41) is 6.63. The number of nitrogens with one attached hydrogen (secondary N) is 2. The fraction of sp³-hybridized carbons (Fsp3) is 0.450. The van der Waals surface area contributed by atoms with Crippen molar-refractivity contribution >= 4 is 12.0 Å². The molecule has 2 N–H and O–H groups in total. The molecule has 2 aromatic carbocycles. The van der Waals surface area contributed by atoms with Crippen molar-refractivity contribution in [1.82, 2.24) is 20.5 Å². The number of hydrogen-bond donors (Lipinski definition) is 2. The standard InChI is InChI=1S/C23H28N2O.C13H20N2.C4H10/c1-2-18-25-22(20-13-7-4-8-14-20)16-15-21(23(25)26)24-17-9-12-19-10-5-3-6-11-19;1-4-5-12-6-7-15-10-13(12)8-11(2)9-14-3;1-3-4-2/h2-8,10-11,13-14,21-22,24H,1,9,12,15-18H2;6-8,10,14H,4-5,9H2,1-3H3;3-4H2,1-2H3/b;11-8+;. The molecule has 45 heavy (non-hydrogen) atoms. The lowest BCUT2D eigenvalue weighted by molar-refractivity contribution is -0.138. The number of aromatic nitrogens is 1. The number of piperidine rings is 1. The number of likely N-dealkylation sites (tertiary alicyclic amines) is 1. The number of carbonyl (C=O) groups is 1. The molecule has 2 heterocycles. The maximum atomic E-state index is 13.0. The van der Waals surface area contributed by atoms with E-state index in [1.807, 2.05) is 54.7 Å². The Morgan fingerprint density at radius 3 is 2.27 bits per heavy atom. The van der Waals surface area contributed by atoms with Crippen LogP contribution in [0.1, 0.15) is 94.5 Å². The van der Waals surface area contributed by atoms with Crippen LogP contribution in [0.4, 0.5) is 0 Å². The number of nitrogens with zero attached hydrogens (tertiary/aromatic N) is 2. The van der Waals surface area contributed by atoms with Crippen molar-refractivity contribution in [1.29, 1.82) is 0 Å². The molecule has 0 radical (unpaired) electrons. The molecule has 1 aromatic heterocycles. The summed E-state index contributed by atoms with van der Waals surface area (Å²) in [5.41, 5.74) is 6.55. The van der Waals surface area contributed by atoms with Gasteiger partial charge >= 0.3 is 0 Å². The normalized spacial score (nSPS) is 16.2. The third-order valence-electron chi connectivity index (χ3n) is 7.90. The molecule has 0 saturated carbocycles. The van der Waals surface area contributed by atoms with Crippen LogP contribution >= 0.6 is 0 Å². The van der Waals surface area contributed by atoms with Crippen molar-refractivity contribution in [3.8, 4) is 0 Å². The van der Waals surface area contributed by atoms with Gasteiger partial charge in [0.05, 0.1) is 12.1 Å². The lowest BCUT2D eigenvalue weighted by Gasteiger charge is -2.39. The third-order valence-corrected chi connectivity index (χ3v) is 7.90. The highest BCUT2D eigenvalue weighted by Crippen LogP contribution is 2.31. The zero-order valence-electron chi connectivity index (χ0n) is 28.6. The first-order valence-electron chi connectivity index (χ1n) is 17.0. The largest absolute Gasteiger partial charge is 0.331 e. The van der Waals surface area contributed by atoms with E-state index in [1.165, 1.54) is 47.1 Å². The molecular weight excluding hydrogens is 552 g/mol. The summed E-state index contributed by atoms with van der Waals surface area (Å²) in [6.45, 7) is 14.9. The van der Waals surface area contributed by atoms with Crippen LogP contribution in [0.5, 0.6) is 0 Å². The molecule has 2 atom stereocenters. The number of hydrogen-bond acceptors (Lipinski definition) is 4. The van der Waals surface area contributed by atoms with Gasteiger partial charge in [-0.1, -0.05) is 118 Å². The second kappa shape index (κ2) is 22.9. The minimum atomic E-state index is -0.0781. The quantitative estimate of drug-likeness (QED) is 0.142. The molecule has 5 nitrogen and oxygen atoms in total. The number of unbranched alkanes of at least 4 members (excludes halogenated alkanes) is 1. The molecule has 0 spiro atoms. The van der Waals surface area contributed by atoms with Gasteiger partial charge in [0, 0.05) is 25.5 Å². The monoisotopic (exact) mass is 610 g/mol. The summed E-state index contributed by atoms with van der Waals surface area (Å²) in [7, 11) is 1.97. The first-order chi connectivity index (χ1) is 22.0. The zero-order valence-corrected chi connectivity index (χ0v) is 28.6. The molecule has 1 amide bonds. The molecule has 0 aliphatic carbocycles. The number of rotatable bonds is 14. The van der Waals surface area contributed by atoms with Gasteiger partial charge in [-0.05, 0) is 80.9 Å². The van der Waals surface area contributed by atoms with Gasteiger partial charge in [-0.3, -0.25) is 9.78 Å². The molecular formula is C40H58N4O. The number of likely N-dealkylation sites (N-methyl/N-ethyl adjacent to an activating group) is 1. The highest BCUT2D eigenvalue weighted by Gasteiger charge is 2.34. The first kappa shape index (κ1) is 37.6. The van der Waals surface area contributed by atoms with Crippen molar-refractivity contribution in [2.24, 2.45) is 0 Å². The summed E-state index contributed by atoms with van der Waals surface area (Å²) in [6.07, 6.45) is 16.8. The van der Waals surface area contributed by atoms with Gasteiger partial charge in [-0.25, -0.2) is 0 Å². The predicted octanol–water partition coefficient (Wildman–Crippen LogP) is 8.59. The lowest BCUT2D eigenvalue weighted by atomic mass is 9.92. The second-order valence-electron chi connectivity index (χ2n) is 11.7. The Kier molecular flexibility index (Phi) is 19.2. The Hall–Kier alpha value is -3.54. The molecule has 1 fully saturated rings. The van der Waals surface area contributed by atoms with Crippen LogP contribution in [0.2, 0.25) is 0 Å². The Morgan fingerprint density at radius 2 is 1.64 bits per heavy atom. The van der Waals surface area contributed by atoms with E-state index in [9.17, 15) is 4.79 Å².